The van der Waals surface area contributed by atoms with E-state index in [9.17, 15) is 0 Å². The molecule has 5 heteroatoms. The Hall–Kier alpha value is -0.130. The average molecular weight is 334 g/mol. The second-order valence-electron chi connectivity index (χ2n) is 4.59. The number of nitrogens with zero attached hydrogens (tertiary/aromatic N) is 1. The third-order valence-electron chi connectivity index (χ3n) is 3.37. The Morgan fingerprint density at radius 1 is 1.61 bits per heavy atom. The van der Waals surface area contributed by atoms with Crippen LogP contribution < -0.4 is 5.73 Å². The van der Waals surface area contributed by atoms with Crippen molar-refractivity contribution in [2.75, 3.05) is 26.3 Å². The normalized spacial score (nSPS) is 23.0. The number of hydrogen-bond donors (Lipinski definition) is 1. The van der Waals surface area contributed by atoms with Crippen molar-refractivity contribution in [3.8, 4) is 0 Å². The monoisotopic (exact) mass is 332 g/mol. The van der Waals surface area contributed by atoms with Gasteiger partial charge in [-0.05, 0) is 40.5 Å². The molecule has 1 fully saturated rings. The topological polar surface area (TPSA) is 38.5 Å². The standard InChI is InChI=1S/C13H18BrClN2O/c1-9-8-18-5-4-17(9)13(7-16)10-2-3-11(14)12(15)6-10/h2-3,6,9,13H,4-5,7-8,16H2,1H3. The zero-order valence-corrected chi connectivity index (χ0v) is 12.7. The van der Waals surface area contributed by atoms with Crippen molar-refractivity contribution in [2.45, 2.75) is 19.0 Å². The summed E-state index contributed by atoms with van der Waals surface area (Å²) in [5.41, 5.74) is 7.11. The van der Waals surface area contributed by atoms with Gasteiger partial charge in [-0.15, -0.1) is 0 Å². The van der Waals surface area contributed by atoms with Crippen molar-refractivity contribution in [1.82, 2.24) is 4.90 Å². The van der Waals surface area contributed by atoms with E-state index in [4.69, 9.17) is 22.1 Å². The number of ether oxygens (including phenoxy) is 1. The van der Waals surface area contributed by atoms with Gasteiger partial charge in [0.2, 0.25) is 0 Å². The summed E-state index contributed by atoms with van der Waals surface area (Å²) in [6.07, 6.45) is 0. The quantitative estimate of drug-likeness (QED) is 0.924. The molecule has 1 heterocycles. The fourth-order valence-corrected chi connectivity index (χ4v) is 2.82. The molecule has 1 aromatic carbocycles. The van der Waals surface area contributed by atoms with Crippen molar-refractivity contribution in [2.24, 2.45) is 5.73 Å². The van der Waals surface area contributed by atoms with E-state index in [0.717, 1.165) is 29.3 Å². The lowest BCUT2D eigenvalue weighted by Crippen LogP contribution is -2.47. The lowest BCUT2D eigenvalue weighted by atomic mass is 10.0. The fraction of sp³-hybridized carbons (Fsp3) is 0.538. The summed E-state index contributed by atoms with van der Waals surface area (Å²) in [5, 5.41) is 0.729. The highest BCUT2D eigenvalue weighted by atomic mass is 79.9. The predicted molar refractivity (Wildman–Crippen MR) is 77.9 cm³/mol. The maximum absolute atomic E-state index is 6.16. The van der Waals surface area contributed by atoms with Crippen LogP contribution in [-0.2, 0) is 4.74 Å². The number of hydrogen-bond acceptors (Lipinski definition) is 3. The highest BCUT2D eigenvalue weighted by Crippen LogP contribution is 2.29. The van der Waals surface area contributed by atoms with Gasteiger partial charge in [-0.1, -0.05) is 17.7 Å². The minimum absolute atomic E-state index is 0.203. The Kier molecular flexibility index (Phi) is 5.04. The van der Waals surface area contributed by atoms with Gasteiger partial charge in [0.25, 0.3) is 0 Å². The van der Waals surface area contributed by atoms with Crippen LogP contribution in [0.3, 0.4) is 0 Å². The summed E-state index contributed by atoms with van der Waals surface area (Å²) in [6, 6.07) is 6.64. The molecule has 0 bridgehead atoms. The molecule has 0 amide bonds. The molecule has 1 aliphatic rings. The van der Waals surface area contributed by atoms with Gasteiger partial charge < -0.3 is 10.5 Å². The van der Waals surface area contributed by atoms with E-state index >= 15 is 0 Å². The molecule has 0 aromatic heterocycles. The van der Waals surface area contributed by atoms with Crippen LogP contribution in [0, 0.1) is 0 Å². The maximum atomic E-state index is 6.16. The Balaban J connectivity index is 2.23. The lowest BCUT2D eigenvalue weighted by molar-refractivity contribution is -0.0209. The van der Waals surface area contributed by atoms with E-state index in [1.54, 1.807) is 0 Å². The van der Waals surface area contributed by atoms with E-state index in [1.165, 1.54) is 5.56 Å². The second-order valence-corrected chi connectivity index (χ2v) is 5.85. The Morgan fingerprint density at radius 3 is 3.00 bits per heavy atom. The molecule has 0 saturated carbocycles. The Bertz CT molecular complexity index is 416. The number of nitrogens with two attached hydrogens (primary N) is 1. The number of benzene rings is 1. The molecule has 0 spiro atoms. The second kappa shape index (κ2) is 6.35. The van der Waals surface area contributed by atoms with Crippen molar-refractivity contribution in [1.29, 1.82) is 0 Å². The summed E-state index contributed by atoms with van der Waals surface area (Å²) in [6.45, 7) is 5.20. The highest BCUT2D eigenvalue weighted by Gasteiger charge is 2.27. The van der Waals surface area contributed by atoms with Crippen LogP contribution in [0.2, 0.25) is 5.02 Å². The molecule has 2 unspecified atom stereocenters. The van der Waals surface area contributed by atoms with E-state index in [1.807, 2.05) is 12.1 Å². The lowest BCUT2D eigenvalue weighted by Gasteiger charge is -2.39. The van der Waals surface area contributed by atoms with E-state index in [0.29, 0.717) is 12.6 Å². The molecule has 1 aromatic rings. The minimum Gasteiger partial charge on any atom is -0.379 e. The molecular formula is C13H18BrClN2O. The van der Waals surface area contributed by atoms with Gasteiger partial charge in [0.05, 0.1) is 18.2 Å². The first-order valence-corrected chi connectivity index (χ1v) is 7.29. The van der Waals surface area contributed by atoms with Crippen molar-refractivity contribution >= 4 is 27.5 Å². The first-order chi connectivity index (χ1) is 8.63. The first kappa shape index (κ1) is 14.3. The van der Waals surface area contributed by atoms with Crippen LogP contribution in [0.25, 0.3) is 0 Å². The Labute approximate surface area is 121 Å². The zero-order valence-electron chi connectivity index (χ0n) is 10.4. The van der Waals surface area contributed by atoms with Crippen LogP contribution >= 0.6 is 27.5 Å². The van der Waals surface area contributed by atoms with E-state index in [-0.39, 0.29) is 6.04 Å². The zero-order chi connectivity index (χ0) is 13.1. The smallest absolute Gasteiger partial charge is 0.0620 e. The molecule has 18 heavy (non-hydrogen) atoms. The highest BCUT2D eigenvalue weighted by molar-refractivity contribution is 9.10. The van der Waals surface area contributed by atoms with Crippen LogP contribution in [0.5, 0.6) is 0 Å². The fourth-order valence-electron chi connectivity index (χ4n) is 2.39. The van der Waals surface area contributed by atoms with Gasteiger partial charge >= 0.3 is 0 Å². The largest absolute Gasteiger partial charge is 0.379 e. The minimum atomic E-state index is 0.203. The van der Waals surface area contributed by atoms with Crippen LogP contribution in [0.4, 0.5) is 0 Å². The molecule has 3 nitrogen and oxygen atoms in total. The molecule has 0 radical (unpaired) electrons. The maximum Gasteiger partial charge on any atom is 0.0620 e. The molecule has 2 atom stereocenters. The molecule has 0 aliphatic carbocycles. The average Bonchev–Trinajstić information content (AvgIpc) is 2.37. The predicted octanol–water partition coefficient (Wildman–Crippen LogP) is 2.82. The van der Waals surface area contributed by atoms with Crippen molar-refractivity contribution < 1.29 is 4.74 Å². The van der Waals surface area contributed by atoms with Gasteiger partial charge in [-0.25, -0.2) is 0 Å². The first-order valence-electron chi connectivity index (χ1n) is 6.12. The summed E-state index contributed by atoms with van der Waals surface area (Å²) >= 11 is 9.57. The SMILES string of the molecule is CC1COCCN1C(CN)c1ccc(Br)c(Cl)c1. The summed E-state index contributed by atoms with van der Waals surface area (Å²) in [4.78, 5) is 2.39. The van der Waals surface area contributed by atoms with Gasteiger partial charge in [0.1, 0.15) is 0 Å². The molecule has 1 aliphatic heterocycles. The summed E-state index contributed by atoms with van der Waals surface area (Å²) in [7, 11) is 0. The molecular weight excluding hydrogens is 316 g/mol. The molecule has 2 N–H and O–H groups in total. The van der Waals surface area contributed by atoms with Crippen LogP contribution in [0.15, 0.2) is 22.7 Å². The Morgan fingerprint density at radius 2 is 2.39 bits per heavy atom. The third-order valence-corrected chi connectivity index (χ3v) is 4.60. The number of halogens is 2. The van der Waals surface area contributed by atoms with Gasteiger partial charge in [-0.2, -0.15) is 0 Å². The van der Waals surface area contributed by atoms with Gasteiger partial charge in [-0.3, -0.25) is 4.90 Å². The summed E-state index contributed by atoms with van der Waals surface area (Å²) < 4.78 is 6.38. The van der Waals surface area contributed by atoms with Gasteiger partial charge in [0.15, 0.2) is 0 Å². The summed E-state index contributed by atoms with van der Waals surface area (Å²) in [5.74, 6) is 0. The number of morpholine rings is 1. The van der Waals surface area contributed by atoms with Crippen molar-refractivity contribution in [3.63, 3.8) is 0 Å². The number of rotatable bonds is 3. The van der Waals surface area contributed by atoms with E-state index in [2.05, 4.69) is 33.8 Å². The van der Waals surface area contributed by atoms with E-state index < -0.39 is 0 Å². The molecule has 100 valence electrons. The van der Waals surface area contributed by atoms with Crippen LogP contribution in [0.1, 0.15) is 18.5 Å². The third kappa shape index (κ3) is 3.06. The van der Waals surface area contributed by atoms with Crippen molar-refractivity contribution in [3.05, 3.63) is 33.3 Å². The molecule has 2 rings (SSSR count). The van der Waals surface area contributed by atoms with Crippen LogP contribution in [-0.4, -0.2) is 37.2 Å². The van der Waals surface area contributed by atoms with Gasteiger partial charge in [0, 0.05) is 29.6 Å². The molecule has 1 saturated heterocycles.